The third-order valence-corrected chi connectivity index (χ3v) is 18.1. The SMILES string of the molecule is CC/C=C\C/C=C\C/C=C\C/C=C\CCCCCCC(=O)OCC(COP(=O)(O)OCC(O)COP(=O)(O)OCC(COC(=O)CCCC/C=C\C/C=C\C/C=C\C/C=C\CC)OC(=O)CCCCCCCCCCCCCCCCC)OC(=O)CCCCCCC/C=C\CCCCCC. The van der Waals surface area contributed by atoms with Gasteiger partial charge < -0.3 is 33.8 Å². The number of allylic oxidation sites excluding steroid dienone is 18. The molecule has 17 nitrogen and oxygen atoms in total. The fourth-order valence-corrected chi connectivity index (χ4v) is 11.9. The molecule has 0 amide bonds. The molecule has 0 aromatic heterocycles. The van der Waals surface area contributed by atoms with Crippen LogP contribution < -0.4 is 0 Å². The quantitative estimate of drug-likeness (QED) is 0.0169. The molecule has 5 unspecified atom stereocenters. The van der Waals surface area contributed by atoms with Crippen molar-refractivity contribution in [2.24, 2.45) is 0 Å². The molecule has 0 heterocycles. The van der Waals surface area contributed by atoms with E-state index in [1.807, 2.05) is 0 Å². The maximum atomic E-state index is 13.1. The van der Waals surface area contributed by atoms with Gasteiger partial charge in [0.15, 0.2) is 12.2 Å². The van der Waals surface area contributed by atoms with E-state index in [9.17, 15) is 43.2 Å². The van der Waals surface area contributed by atoms with Crippen LogP contribution in [0.25, 0.3) is 0 Å². The van der Waals surface area contributed by atoms with Crippen molar-refractivity contribution < 1.29 is 80.2 Å². The van der Waals surface area contributed by atoms with Crippen molar-refractivity contribution in [1.82, 2.24) is 0 Å². The van der Waals surface area contributed by atoms with Crippen molar-refractivity contribution in [1.29, 1.82) is 0 Å². The van der Waals surface area contributed by atoms with Gasteiger partial charge in [0, 0.05) is 25.7 Å². The molecule has 0 saturated carbocycles. The molecule has 0 spiro atoms. The smallest absolute Gasteiger partial charge is 0.462 e. The van der Waals surface area contributed by atoms with Crippen LogP contribution in [0.1, 0.15) is 323 Å². The average molecular weight is 1450 g/mol. The number of aliphatic hydroxyl groups excluding tert-OH is 1. The van der Waals surface area contributed by atoms with Gasteiger partial charge in [-0.2, -0.15) is 0 Å². The van der Waals surface area contributed by atoms with Gasteiger partial charge in [-0.05, 0) is 128 Å². The van der Waals surface area contributed by atoms with Crippen molar-refractivity contribution in [2.45, 2.75) is 341 Å². The molecule has 0 aliphatic rings. The largest absolute Gasteiger partial charge is 0.472 e. The molecule has 576 valence electrons. The Morgan fingerprint density at radius 1 is 0.290 bits per heavy atom. The van der Waals surface area contributed by atoms with Gasteiger partial charge in [-0.15, -0.1) is 0 Å². The van der Waals surface area contributed by atoms with Crippen molar-refractivity contribution in [3.8, 4) is 0 Å². The Morgan fingerprint density at radius 2 is 0.520 bits per heavy atom. The number of unbranched alkanes of at least 4 members (excludes halogenated alkanes) is 29. The standard InChI is InChI=1S/C81H140O17P2/c1-5-9-13-17-21-25-29-33-36-37-40-43-46-50-54-58-62-66-79(84)92-71-76(97-80(85)67-63-59-55-51-47-41-32-28-24-20-16-12-8-4)73-95-99(87,88)93-69-75(82)70-94-100(89,90)96-74-77(98-81(86)68-64-60-56-52-48-44-39-35-31-27-23-19-15-11-7-3)72-91-78(83)65-61-57-53-49-45-42-38-34-30-26-22-18-14-10-6-2/h9-10,13-14,21-22,25-26,28,32-34,36,38,40,43,45,49,75-77,82H,5-8,11-12,15-20,23-24,27,29-31,35,37,39,41-42,44,46-48,50-74H2,1-4H3,(H,87,88)(H,89,90)/b13-9-,14-10-,25-21-,26-22-,32-28-,36-33-,38-34-,43-40-,49-45-. The zero-order valence-electron chi connectivity index (χ0n) is 62.8. The second kappa shape index (κ2) is 73.0. The van der Waals surface area contributed by atoms with E-state index in [1.54, 1.807) is 0 Å². The Balaban J connectivity index is 5.39. The van der Waals surface area contributed by atoms with Gasteiger partial charge in [-0.1, -0.05) is 278 Å². The zero-order valence-corrected chi connectivity index (χ0v) is 64.6. The lowest BCUT2D eigenvalue weighted by molar-refractivity contribution is -0.161. The van der Waals surface area contributed by atoms with E-state index in [-0.39, 0.29) is 25.7 Å². The third kappa shape index (κ3) is 72.1. The van der Waals surface area contributed by atoms with Crippen LogP contribution in [0.3, 0.4) is 0 Å². The van der Waals surface area contributed by atoms with Gasteiger partial charge in [0.1, 0.15) is 19.3 Å². The van der Waals surface area contributed by atoms with Crippen LogP contribution in [0.5, 0.6) is 0 Å². The first-order valence-electron chi connectivity index (χ1n) is 39.1. The summed E-state index contributed by atoms with van der Waals surface area (Å²) in [6, 6.07) is 0. The Labute approximate surface area is 607 Å². The Kier molecular flexibility index (Phi) is 69.9. The number of hydrogen-bond donors (Lipinski definition) is 3. The maximum Gasteiger partial charge on any atom is 0.472 e. The predicted octanol–water partition coefficient (Wildman–Crippen LogP) is 22.6. The van der Waals surface area contributed by atoms with Gasteiger partial charge >= 0.3 is 39.5 Å². The highest BCUT2D eigenvalue weighted by atomic mass is 31.2. The lowest BCUT2D eigenvalue weighted by Crippen LogP contribution is -2.30. The number of esters is 4. The van der Waals surface area contributed by atoms with E-state index >= 15 is 0 Å². The number of hydrogen-bond acceptors (Lipinski definition) is 15. The zero-order chi connectivity index (χ0) is 73.2. The van der Waals surface area contributed by atoms with E-state index in [0.717, 1.165) is 154 Å². The van der Waals surface area contributed by atoms with Crippen LogP contribution in [0.15, 0.2) is 109 Å². The molecule has 0 aliphatic heterocycles. The van der Waals surface area contributed by atoms with Crippen molar-refractivity contribution in [2.75, 3.05) is 39.6 Å². The molecule has 5 atom stereocenters. The number of ether oxygens (including phenoxy) is 4. The number of phosphoric ester groups is 2. The van der Waals surface area contributed by atoms with Crippen LogP contribution >= 0.6 is 15.6 Å². The van der Waals surface area contributed by atoms with Gasteiger partial charge in [-0.3, -0.25) is 37.3 Å². The summed E-state index contributed by atoms with van der Waals surface area (Å²) in [6.45, 7) is 4.58. The molecule has 0 radical (unpaired) electrons. The molecule has 0 bridgehead atoms. The number of carbonyl (C=O) groups excluding carboxylic acids is 4. The Bertz CT molecular complexity index is 2320. The topological polar surface area (TPSA) is 237 Å². The summed E-state index contributed by atoms with van der Waals surface area (Å²) in [4.78, 5) is 72.9. The maximum absolute atomic E-state index is 13.1. The first kappa shape index (κ1) is 95.7. The normalized spacial score (nSPS) is 14.5. The number of aliphatic hydroxyl groups is 1. The summed E-state index contributed by atoms with van der Waals surface area (Å²) in [7, 11) is -9.97. The fourth-order valence-electron chi connectivity index (χ4n) is 10.3. The second-order valence-corrected chi connectivity index (χ2v) is 28.8. The second-order valence-electron chi connectivity index (χ2n) is 25.9. The summed E-state index contributed by atoms with van der Waals surface area (Å²) in [5.41, 5.74) is 0. The number of rotatable bonds is 73. The van der Waals surface area contributed by atoms with Crippen molar-refractivity contribution in [3.05, 3.63) is 109 Å². The molecule has 19 heteroatoms. The van der Waals surface area contributed by atoms with Gasteiger partial charge in [0.2, 0.25) is 0 Å². The van der Waals surface area contributed by atoms with Gasteiger partial charge in [0.05, 0.1) is 26.4 Å². The number of carbonyl (C=O) groups is 4. The average Bonchev–Trinajstić information content (AvgIpc) is 0.965. The summed E-state index contributed by atoms with van der Waals surface area (Å²) in [5, 5.41) is 10.6. The van der Waals surface area contributed by atoms with Crippen LogP contribution in [-0.2, 0) is 65.4 Å². The van der Waals surface area contributed by atoms with E-state index in [4.69, 9.17) is 37.0 Å². The molecule has 0 aromatic carbocycles. The van der Waals surface area contributed by atoms with Crippen LogP contribution in [0.2, 0.25) is 0 Å². The molecule has 0 fully saturated rings. The molecular weight excluding hydrogens is 1310 g/mol. The van der Waals surface area contributed by atoms with Crippen LogP contribution in [0.4, 0.5) is 0 Å². The first-order chi connectivity index (χ1) is 48.7. The van der Waals surface area contributed by atoms with E-state index < -0.39 is 97.5 Å². The van der Waals surface area contributed by atoms with Gasteiger partial charge in [-0.25, -0.2) is 9.13 Å². The minimum atomic E-state index is -4.98. The minimum absolute atomic E-state index is 0.0778. The minimum Gasteiger partial charge on any atom is -0.462 e. The molecule has 100 heavy (non-hydrogen) atoms. The highest BCUT2D eigenvalue weighted by Crippen LogP contribution is 2.45. The molecule has 3 N–H and O–H groups in total. The van der Waals surface area contributed by atoms with Crippen LogP contribution in [-0.4, -0.2) is 96.7 Å². The monoisotopic (exact) mass is 1450 g/mol. The summed E-state index contributed by atoms with van der Waals surface area (Å²) in [6.07, 6.45) is 77.9. The Morgan fingerprint density at radius 3 is 0.840 bits per heavy atom. The molecular formula is C81H140O17P2. The summed E-state index contributed by atoms with van der Waals surface area (Å²) >= 11 is 0. The summed E-state index contributed by atoms with van der Waals surface area (Å²) in [5.74, 6) is -2.25. The van der Waals surface area contributed by atoms with E-state index in [2.05, 4.69) is 137 Å². The van der Waals surface area contributed by atoms with Crippen LogP contribution in [0, 0.1) is 0 Å². The lowest BCUT2D eigenvalue weighted by atomic mass is 10.0. The molecule has 0 aliphatic carbocycles. The Hall–Kier alpha value is -4.28. The summed E-state index contributed by atoms with van der Waals surface area (Å²) < 4.78 is 68.5. The number of phosphoric acid groups is 2. The predicted molar refractivity (Wildman–Crippen MR) is 408 cm³/mol. The molecule has 0 rings (SSSR count). The highest BCUT2D eigenvalue weighted by Gasteiger charge is 2.30. The van der Waals surface area contributed by atoms with E-state index in [0.29, 0.717) is 25.7 Å². The van der Waals surface area contributed by atoms with Crippen molar-refractivity contribution in [3.63, 3.8) is 0 Å². The molecule has 0 saturated heterocycles. The fraction of sp³-hybridized carbons (Fsp3) is 0.728. The highest BCUT2D eigenvalue weighted by molar-refractivity contribution is 7.47. The third-order valence-electron chi connectivity index (χ3n) is 16.2. The lowest BCUT2D eigenvalue weighted by Gasteiger charge is -2.21. The van der Waals surface area contributed by atoms with Crippen molar-refractivity contribution >= 4 is 39.5 Å². The first-order valence-corrected chi connectivity index (χ1v) is 42.1. The molecule has 0 aromatic rings. The van der Waals surface area contributed by atoms with E-state index in [1.165, 1.54) is 89.9 Å². The van der Waals surface area contributed by atoms with Gasteiger partial charge in [0.25, 0.3) is 0 Å².